The van der Waals surface area contributed by atoms with Crippen LogP contribution >= 0.6 is 0 Å². The van der Waals surface area contributed by atoms with E-state index in [4.69, 9.17) is 5.11 Å². The zero-order valence-corrected chi connectivity index (χ0v) is 10.1. The number of hydrogen-bond donors (Lipinski definition) is 4. The van der Waals surface area contributed by atoms with Gasteiger partial charge in [0.2, 0.25) is 0 Å². The summed E-state index contributed by atoms with van der Waals surface area (Å²) in [4.78, 5) is 1.80. The molecule has 0 unspecified atom stereocenters. The molecule has 0 amide bonds. The van der Waals surface area contributed by atoms with Crippen LogP contribution in [0.2, 0.25) is 0 Å². The van der Waals surface area contributed by atoms with Crippen molar-refractivity contribution in [3.05, 3.63) is 35.9 Å². The van der Waals surface area contributed by atoms with Gasteiger partial charge in [-0.15, -0.1) is 0 Å². The Labute approximate surface area is 106 Å². The highest BCUT2D eigenvalue weighted by atomic mass is 16.3. The van der Waals surface area contributed by atoms with Crippen LogP contribution in [-0.2, 0) is 6.54 Å². The Bertz CT molecular complexity index is 373. The van der Waals surface area contributed by atoms with Gasteiger partial charge < -0.3 is 20.4 Å². The molecule has 1 saturated heterocycles. The Hall–Kier alpha value is -0.980. The number of hydrogen-bond acceptors (Lipinski definition) is 5. The fraction of sp³-hybridized carbons (Fsp3) is 0.538. The normalized spacial score (nSPS) is 30.6. The van der Waals surface area contributed by atoms with Crippen molar-refractivity contribution in [2.45, 2.75) is 30.9 Å². The van der Waals surface area contributed by atoms with E-state index in [0.717, 1.165) is 5.56 Å². The van der Waals surface area contributed by atoms with Crippen molar-refractivity contribution >= 4 is 0 Å². The van der Waals surface area contributed by atoms with Crippen molar-refractivity contribution in [2.24, 2.45) is 0 Å². The van der Waals surface area contributed by atoms with Gasteiger partial charge in [-0.1, -0.05) is 30.3 Å². The predicted molar refractivity (Wildman–Crippen MR) is 65.7 cm³/mol. The van der Waals surface area contributed by atoms with E-state index in [-0.39, 0.29) is 6.54 Å². The Morgan fingerprint density at radius 3 is 2.50 bits per heavy atom. The van der Waals surface area contributed by atoms with Gasteiger partial charge in [-0.2, -0.15) is 0 Å². The molecule has 0 saturated carbocycles. The second-order valence-electron chi connectivity index (χ2n) is 4.71. The van der Waals surface area contributed by atoms with E-state index in [0.29, 0.717) is 6.54 Å². The van der Waals surface area contributed by atoms with Gasteiger partial charge in [-0.25, -0.2) is 0 Å². The van der Waals surface area contributed by atoms with Gasteiger partial charge in [0.15, 0.2) is 0 Å². The van der Waals surface area contributed by atoms with Crippen molar-refractivity contribution in [1.29, 1.82) is 0 Å². The van der Waals surface area contributed by atoms with Gasteiger partial charge >= 0.3 is 0 Å². The molecule has 1 aliphatic rings. The van der Waals surface area contributed by atoms with Crippen molar-refractivity contribution in [2.75, 3.05) is 13.2 Å². The van der Waals surface area contributed by atoms with E-state index in [1.165, 1.54) is 0 Å². The van der Waals surface area contributed by atoms with Gasteiger partial charge in [0.25, 0.3) is 0 Å². The van der Waals surface area contributed by atoms with Crippen molar-refractivity contribution < 1.29 is 20.4 Å². The fourth-order valence-corrected chi connectivity index (χ4v) is 2.48. The van der Waals surface area contributed by atoms with E-state index in [1.54, 1.807) is 4.90 Å². The second kappa shape index (κ2) is 5.77. The Morgan fingerprint density at radius 1 is 1.22 bits per heavy atom. The number of rotatable bonds is 4. The van der Waals surface area contributed by atoms with Crippen LogP contribution in [0.1, 0.15) is 5.56 Å². The lowest BCUT2D eigenvalue weighted by Gasteiger charge is -2.29. The van der Waals surface area contributed by atoms with Crippen LogP contribution in [0, 0.1) is 0 Å². The summed E-state index contributed by atoms with van der Waals surface area (Å²) >= 11 is 0. The number of β-amino-alcohol motifs (C(OH)–C–C–N with tert-alkyl or cyclic N) is 1. The molecule has 18 heavy (non-hydrogen) atoms. The minimum atomic E-state index is -1.05. The summed E-state index contributed by atoms with van der Waals surface area (Å²) in [6.45, 7) is 0.383. The van der Waals surface area contributed by atoms with Crippen LogP contribution in [0.5, 0.6) is 0 Å². The summed E-state index contributed by atoms with van der Waals surface area (Å²) < 4.78 is 0. The highest BCUT2D eigenvalue weighted by Crippen LogP contribution is 2.23. The standard InChI is InChI=1S/C13H19NO4/c15-8-11(17)12-13(18)10(16)7-14(12)6-9-4-2-1-3-5-9/h1-5,10-13,15-18H,6-8H2/t10-,11-,12+,13+/m0/s1. The van der Waals surface area contributed by atoms with Gasteiger partial charge in [-0.05, 0) is 5.56 Å². The first-order chi connectivity index (χ1) is 8.63. The lowest BCUT2D eigenvalue weighted by atomic mass is 10.0. The molecule has 100 valence electrons. The largest absolute Gasteiger partial charge is 0.394 e. The van der Waals surface area contributed by atoms with Gasteiger partial charge in [-0.3, -0.25) is 4.90 Å². The summed E-state index contributed by atoms with van der Waals surface area (Å²) in [6, 6.07) is 8.99. The molecule has 4 N–H and O–H groups in total. The summed E-state index contributed by atoms with van der Waals surface area (Å²) in [5.74, 6) is 0. The molecule has 0 bridgehead atoms. The number of aliphatic hydroxyl groups is 4. The van der Waals surface area contributed by atoms with Crippen LogP contribution in [-0.4, -0.2) is 62.8 Å². The third-order valence-corrected chi connectivity index (χ3v) is 3.40. The molecule has 1 aliphatic heterocycles. The van der Waals surface area contributed by atoms with E-state index >= 15 is 0 Å². The van der Waals surface area contributed by atoms with Crippen LogP contribution in [0.15, 0.2) is 30.3 Å². The maximum absolute atomic E-state index is 9.84. The van der Waals surface area contributed by atoms with Gasteiger partial charge in [0, 0.05) is 13.1 Å². The van der Waals surface area contributed by atoms with Crippen molar-refractivity contribution in [3.8, 4) is 0 Å². The molecule has 1 fully saturated rings. The number of aliphatic hydroxyl groups excluding tert-OH is 4. The van der Waals surface area contributed by atoms with Gasteiger partial charge in [0.05, 0.1) is 31.0 Å². The first-order valence-corrected chi connectivity index (χ1v) is 6.06. The first kappa shape index (κ1) is 13.5. The van der Waals surface area contributed by atoms with Gasteiger partial charge in [0.1, 0.15) is 0 Å². The van der Waals surface area contributed by atoms with Crippen LogP contribution in [0.3, 0.4) is 0 Å². The molecule has 5 nitrogen and oxygen atoms in total. The lowest BCUT2D eigenvalue weighted by molar-refractivity contribution is -0.0317. The molecule has 1 aromatic rings. The SMILES string of the molecule is OC[C@H](O)[C@@H]1[C@H](O)[C@@H](O)CN1Cc1ccccc1. The van der Waals surface area contributed by atoms with E-state index in [1.807, 2.05) is 30.3 Å². The first-order valence-electron chi connectivity index (χ1n) is 6.06. The van der Waals surface area contributed by atoms with Crippen molar-refractivity contribution in [3.63, 3.8) is 0 Å². The molecular weight excluding hydrogens is 234 g/mol. The molecule has 0 spiro atoms. The maximum Gasteiger partial charge on any atom is 0.0992 e. The molecule has 1 heterocycles. The average Bonchev–Trinajstić information content (AvgIpc) is 2.65. The van der Waals surface area contributed by atoms with E-state index in [9.17, 15) is 15.3 Å². The van der Waals surface area contributed by atoms with Crippen LogP contribution < -0.4 is 0 Å². The quantitative estimate of drug-likeness (QED) is 0.550. The number of benzene rings is 1. The summed E-state index contributed by atoms with van der Waals surface area (Å²) in [7, 11) is 0. The molecule has 0 aromatic heterocycles. The van der Waals surface area contributed by atoms with Crippen LogP contribution in [0.4, 0.5) is 0 Å². The lowest BCUT2D eigenvalue weighted by Crippen LogP contribution is -2.46. The molecule has 4 atom stereocenters. The number of likely N-dealkylation sites (tertiary alicyclic amines) is 1. The smallest absolute Gasteiger partial charge is 0.0992 e. The maximum atomic E-state index is 9.84. The molecule has 1 aromatic carbocycles. The molecular formula is C13H19NO4. The summed E-state index contributed by atoms with van der Waals surface area (Å²) in [5, 5.41) is 38.3. The molecule has 2 rings (SSSR count). The van der Waals surface area contributed by atoms with E-state index in [2.05, 4.69) is 0 Å². The zero-order chi connectivity index (χ0) is 13.1. The zero-order valence-electron chi connectivity index (χ0n) is 10.1. The minimum Gasteiger partial charge on any atom is -0.394 e. The molecule has 0 aliphatic carbocycles. The predicted octanol–water partition coefficient (Wildman–Crippen LogP) is -1.05. The summed E-state index contributed by atoms with van der Waals surface area (Å²) in [6.07, 6.45) is -2.98. The average molecular weight is 253 g/mol. The second-order valence-corrected chi connectivity index (χ2v) is 4.71. The highest BCUT2D eigenvalue weighted by molar-refractivity contribution is 5.15. The Morgan fingerprint density at radius 2 is 1.89 bits per heavy atom. The Balaban J connectivity index is 2.11. The highest BCUT2D eigenvalue weighted by Gasteiger charge is 2.43. The topological polar surface area (TPSA) is 84.2 Å². The monoisotopic (exact) mass is 253 g/mol. The third kappa shape index (κ3) is 2.71. The van der Waals surface area contributed by atoms with Crippen LogP contribution in [0.25, 0.3) is 0 Å². The molecule has 5 heteroatoms. The minimum absolute atomic E-state index is 0.289. The summed E-state index contributed by atoms with van der Waals surface area (Å²) in [5.41, 5.74) is 1.04. The number of nitrogens with zero attached hydrogens (tertiary/aromatic N) is 1. The Kier molecular flexibility index (Phi) is 4.31. The van der Waals surface area contributed by atoms with Crippen molar-refractivity contribution in [1.82, 2.24) is 4.90 Å². The molecule has 0 radical (unpaired) electrons. The van der Waals surface area contributed by atoms with E-state index < -0.39 is 31.0 Å². The fourth-order valence-electron chi connectivity index (χ4n) is 2.48. The third-order valence-electron chi connectivity index (χ3n) is 3.40.